The minimum absolute atomic E-state index is 0.185. The fourth-order valence-corrected chi connectivity index (χ4v) is 2.25. The van der Waals surface area contributed by atoms with Crippen LogP contribution in [-0.4, -0.2) is 28.7 Å². The first kappa shape index (κ1) is 15.8. The number of nitrogens with zero attached hydrogens (tertiary/aromatic N) is 2. The molecule has 0 aliphatic heterocycles. The number of nitroso groups, excluding NO2 is 1. The van der Waals surface area contributed by atoms with Crippen LogP contribution in [0.3, 0.4) is 0 Å². The molecule has 0 saturated heterocycles. The smallest absolute Gasteiger partial charge is 0.332 e. The summed E-state index contributed by atoms with van der Waals surface area (Å²) >= 11 is 1.05. The summed E-state index contributed by atoms with van der Waals surface area (Å²) in [5.41, 5.74) is 0.219. The molecule has 1 amide bonds. The molecule has 1 heterocycles. The summed E-state index contributed by atoms with van der Waals surface area (Å²) in [5, 5.41) is 3.24. The Morgan fingerprint density at radius 1 is 1.36 bits per heavy atom. The van der Waals surface area contributed by atoms with Crippen molar-refractivity contribution in [3.63, 3.8) is 0 Å². The van der Waals surface area contributed by atoms with Crippen LogP contribution in [0.4, 0.5) is 10.1 Å². The molecule has 22 heavy (non-hydrogen) atoms. The molecule has 2 rings (SSSR count). The molecule has 114 valence electrons. The van der Waals surface area contributed by atoms with Crippen molar-refractivity contribution >= 4 is 33.3 Å². The zero-order valence-corrected chi connectivity index (χ0v) is 12.8. The number of amides is 1. The van der Waals surface area contributed by atoms with Gasteiger partial charge in [-0.2, -0.15) is 0 Å². The fourth-order valence-electron chi connectivity index (χ4n) is 1.57. The molecule has 0 saturated carbocycles. The molecule has 0 spiro atoms. The second kappa shape index (κ2) is 6.90. The maximum Gasteiger partial charge on any atom is 0.332 e. The number of hydrogen-bond donors (Lipinski definition) is 1. The number of nitrogens with one attached hydrogen (secondary N) is 1. The lowest BCUT2D eigenvalue weighted by Gasteiger charge is -2.08. The number of rotatable bonds is 5. The molecule has 0 fully saturated rings. The van der Waals surface area contributed by atoms with Gasteiger partial charge < -0.3 is 4.74 Å². The molecular weight excluding hydrogens is 306 g/mol. The summed E-state index contributed by atoms with van der Waals surface area (Å²) in [6.07, 6.45) is 1.58. The third-order valence-corrected chi connectivity index (χ3v) is 3.64. The Morgan fingerprint density at radius 2 is 2.09 bits per heavy atom. The van der Waals surface area contributed by atoms with Crippen molar-refractivity contribution in [2.24, 2.45) is 0 Å². The number of carbonyl (C=O) groups excluding carboxylic acids is 2. The van der Waals surface area contributed by atoms with Gasteiger partial charge in [0.15, 0.2) is 12.2 Å². The van der Waals surface area contributed by atoms with Gasteiger partial charge in [-0.15, -0.1) is 0 Å². The second-order valence-corrected chi connectivity index (χ2v) is 5.29. The number of carbonyl (C=O) groups is 2. The van der Waals surface area contributed by atoms with Crippen molar-refractivity contribution in [3.05, 3.63) is 40.9 Å². The average molecular weight is 320 g/mol. The van der Waals surface area contributed by atoms with E-state index < -0.39 is 11.9 Å². The highest BCUT2D eigenvalue weighted by Gasteiger charge is 2.18. The van der Waals surface area contributed by atoms with Gasteiger partial charge in [-0.05, 0) is 23.5 Å². The van der Waals surface area contributed by atoms with E-state index in [0.29, 0.717) is 14.9 Å². The van der Waals surface area contributed by atoms with Gasteiger partial charge in [0.2, 0.25) is 0 Å². The van der Waals surface area contributed by atoms with E-state index in [4.69, 9.17) is 4.74 Å². The summed E-state index contributed by atoms with van der Waals surface area (Å²) in [6.45, 7) is 1.67. The van der Waals surface area contributed by atoms with E-state index in [1.54, 1.807) is 31.2 Å². The molecule has 1 N–H and O–H groups in total. The number of hydrogen-bond acceptors (Lipinski definition) is 6. The summed E-state index contributed by atoms with van der Waals surface area (Å²) in [7, 11) is 1.35. The summed E-state index contributed by atoms with van der Waals surface area (Å²) in [4.78, 5) is 38.7. The van der Waals surface area contributed by atoms with Crippen LogP contribution in [0.15, 0.2) is 30.5 Å². The van der Waals surface area contributed by atoms with E-state index in [9.17, 15) is 14.5 Å². The van der Waals surface area contributed by atoms with Crippen LogP contribution < -0.4 is 10.1 Å². The third-order valence-electron chi connectivity index (χ3n) is 2.67. The summed E-state index contributed by atoms with van der Waals surface area (Å²) in [5.74, 6) is -0.705. The quantitative estimate of drug-likeness (QED) is 0.520. The predicted octanol–water partition coefficient (Wildman–Crippen LogP) is 2.75. The van der Waals surface area contributed by atoms with Gasteiger partial charge in [0.25, 0.3) is 5.91 Å². The Hall–Kier alpha value is -2.61. The lowest BCUT2D eigenvalue weighted by atomic mass is 10.2. The molecule has 0 atom stereocenters. The molecule has 1 aromatic heterocycles. The van der Waals surface area contributed by atoms with E-state index in [-0.39, 0.29) is 17.7 Å². The first-order valence-electron chi connectivity index (χ1n) is 6.49. The van der Waals surface area contributed by atoms with Crippen molar-refractivity contribution < 1.29 is 19.1 Å². The Labute approximate surface area is 130 Å². The molecule has 0 unspecified atom stereocenters. The van der Waals surface area contributed by atoms with Crippen LogP contribution in [0.2, 0.25) is 0 Å². The Kier molecular flexibility index (Phi) is 4.95. The number of aromatic nitrogens is 1. The molecule has 8 heteroatoms. The van der Waals surface area contributed by atoms with Crippen LogP contribution in [0, 0.1) is 4.91 Å². The van der Waals surface area contributed by atoms with Gasteiger partial charge in [0.05, 0.1) is 5.56 Å². The van der Waals surface area contributed by atoms with E-state index in [1.807, 2.05) is 0 Å². The van der Waals surface area contributed by atoms with Crippen molar-refractivity contribution in [1.82, 2.24) is 4.98 Å². The van der Waals surface area contributed by atoms with Crippen LogP contribution in [0.1, 0.15) is 23.7 Å². The highest BCUT2D eigenvalue weighted by atomic mass is 32.1. The standard InChI is InChI=1S/C14H13N3O4S/c1-3-12(18)21-10-7-5-4-6-9(10)13(19)16-14-15-8-11(22-14)17(2)20/h4-8H,3H2,1-2H3/p+1. The Balaban J connectivity index is 2.18. The average Bonchev–Trinajstić information content (AvgIpc) is 2.96. The van der Waals surface area contributed by atoms with Gasteiger partial charge >= 0.3 is 11.0 Å². The molecule has 2 aromatic rings. The number of para-hydroxylation sites is 1. The minimum Gasteiger partial charge on any atom is -0.426 e. The molecule has 7 nitrogen and oxygen atoms in total. The first-order valence-corrected chi connectivity index (χ1v) is 7.30. The van der Waals surface area contributed by atoms with Gasteiger partial charge in [-0.3, -0.25) is 14.9 Å². The first-order chi connectivity index (χ1) is 10.5. The highest BCUT2D eigenvalue weighted by molar-refractivity contribution is 7.18. The molecule has 0 radical (unpaired) electrons. The molecule has 0 bridgehead atoms. The number of ether oxygens (including phenoxy) is 1. The maximum absolute atomic E-state index is 12.3. The lowest BCUT2D eigenvalue weighted by Crippen LogP contribution is -2.15. The van der Waals surface area contributed by atoms with Crippen molar-refractivity contribution in [3.8, 4) is 5.75 Å². The summed E-state index contributed by atoms with van der Waals surface area (Å²) in [6, 6.07) is 6.42. The number of esters is 1. The Bertz CT molecular complexity index is 726. The molecular formula is C14H14N3O4S+. The monoisotopic (exact) mass is 320 g/mol. The topological polar surface area (TPSA) is 88.4 Å². The van der Waals surface area contributed by atoms with Crippen LogP contribution in [0.25, 0.3) is 0 Å². The maximum atomic E-state index is 12.3. The normalized spacial score (nSPS) is 10.1. The van der Waals surface area contributed by atoms with E-state index >= 15 is 0 Å². The van der Waals surface area contributed by atoms with Gasteiger partial charge in [-0.25, -0.2) is 4.98 Å². The zero-order chi connectivity index (χ0) is 16.1. The van der Waals surface area contributed by atoms with Gasteiger partial charge in [0.1, 0.15) is 11.9 Å². The van der Waals surface area contributed by atoms with Crippen molar-refractivity contribution in [1.29, 1.82) is 0 Å². The number of thiazole rings is 1. The van der Waals surface area contributed by atoms with Crippen LogP contribution >= 0.6 is 11.3 Å². The van der Waals surface area contributed by atoms with Crippen LogP contribution in [-0.2, 0) is 4.79 Å². The van der Waals surface area contributed by atoms with Gasteiger partial charge in [-0.1, -0.05) is 19.1 Å². The molecule has 1 aromatic carbocycles. The third kappa shape index (κ3) is 3.73. The SMILES string of the molecule is CCC(=O)Oc1ccccc1C(=O)Nc1ncc([N+](C)=O)s1. The predicted molar refractivity (Wildman–Crippen MR) is 81.6 cm³/mol. The minimum atomic E-state index is -0.464. The Morgan fingerprint density at radius 3 is 2.73 bits per heavy atom. The van der Waals surface area contributed by atoms with Crippen molar-refractivity contribution in [2.45, 2.75) is 13.3 Å². The van der Waals surface area contributed by atoms with Crippen LogP contribution in [0.5, 0.6) is 5.75 Å². The van der Waals surface area contributed by atoms with Gasteiger partial charge in [0, 0.05) is 16.1 Å². The summed E-state index contributed by atoms with van der Waals surface area (Å²) < 4.78 is 5.78. The molecule has 0 aliphatic rings. The zero-order valence-electron chi connectivity index (χ0n) is 12.0. The fraction of sp³-hybridized carbons (Fsp3) is 0.214. The number of anilines is 1. The van der Waals surface area contributed by atoms with E-state index in [1.165, 1.54) is 13.2 Å². The molecule has 0 aliphatic carbocycles. The lowest BCUT2D eigenvalue weighted by molar-refractivity contribution is -0.424. The highest BCUT2D eigenvalue weighted by Crippen LogP contribution is 2.26. The largest absolute Gasteiger partial charge is 0.426 e. The number of benzene rings is 1. The second-order valence-electron chi connectivity index (χ2n) is 4.28. The van der Waals surface area contributed by atoms with Crippen molar-refractivity contribution in [2.75, 3.05) is 12.4 Å². The van der Waals surface area contributed by atoms with E-state index in [2.05, 4.69) is 10.3 Å². The van der Waals surface area contributed by atoms with E-state index in [0.717, 1.165) is 11.3 Å².